The predicted octanol–water partition coefficient (Wildman–Crippen LogP) is 1.15. The van der Waals surface area contributed by atoms with Crippen molar-refractivity contribution < 1.29 is 14.0 Å². The minimum Gasteiger partial charge on any atom is -0.309 e. The summed E-state index contributed by atoms with van der Waals surface area (Å²) in [5.41, 5.74) is -0.0292. The molecule has 98 valence electrons. The zero-order valence-corrected chi connectivity index (χ0v) is 10.2. The molecule has 1 spiro atoms. The van der Waals surface area contributed by atoms with Gasteiger partial charge in [0.05, 0.1) is 18.4 Å². The van der Waals surface area contributed by atoms with Gasteiger partial charge in [0.1, 0.15) is 11.4 Å². The maximum Gasteiger partial charge on any atom is 0.328 e. The van der Waals surface area contributed by atoms with E-state index in [9.17, 15) is 14.0 Å². The third-order valence-corrected chi connectivity index (χ3v) is 4.42. The van der Waals surface area contributed by atoms with Gasteiger partial charge in [0.15, 0.2) is 0 Å². The Balaban J connectivity index is 1.61. The van der Waals surface area contributed by atoms with Crippen LogP contribution in [0, 0.1) is 11.7 Å². The van der Waals surface area contributed by atoms with E-state index >= 15 is 0 Å². The van der Waals surface area contributed by atoms with Crippen molar-refractivity contribution in [3.05, 3.63) is 29.8 Å². The average molecular weight is 261 g/mol. The number of urea groups is 1. The van der Waals surface area contributed by atoms with E-state index in [1.165, 1.54) is 17.0 Å². The zero-order chi connectivity index (χ0) is 13.2. The summed E-state index contributed by atoms with van der Waals surface area (Å²) < 4.78 is 12.8. The molecule has 3 amide bonds. The Hall–Kier alpha value is -1.98. The summed E-state index contributed by atoms with van der Waals surface area (Å²) in [6.45, 7) is 0.818. The smallest absolute Gasteiger partial charge is 0.309 e. The number of carbonyl (C=O) groups is 2. The minimum atomic E-state index is -0.554. The molecule has 0 N–H and O–H groups in total. The Morgan fingerprint density at radius 2 is 2.16 bits per heavy atom. The number of rotatable bonds is 2. The molecule has 0 atom stereocenters. The summed E-state index contributed by atoms with van der Waals surface area (Å²) in [5.74, 6) is -0.0414. The zero-order valence-electron chi connectivity index (χ0n) is 10.2. The van der Waals surface area contributed by atoms with Crippen molar-refractivity contribution in [2.45, 2.75) is 24.9 Å². The predicted molar refractivity (Wildman–Crippen MR) is 62.3 cm³/mol. The Morgan fingerprint density at radius 3 is 2.79 bits per heavy atom. The molecule has 0 aromatic carbocycles. The number of carbonyl (C=O) groups excluding carboxylic acids is 2. The number of hydrogen-bond donors (Lipinski definition) is 0. The maximum absolute atomic E-state index is 12.8. The van der Waals surface area contributed by atoms with Gasteiger partial charge in [-0.2, -0.15) is 0 Å². The minimum absolute atomic E-state index is 0.114. The first kappa shape index (κ1) is 10.9. The van der Waals surface area contributed by atoms with Crippen LogP contribution in [0.5, 0.6) is 0 Å². The Bertz CT molecular complexity index is 577. The van der Waals surface area contributed by atoms with E-state index in [4.69, 9.17) is 0 Å². The fourth-order valence-corrected chi connectivity index (χ4v) is 3.51. The molecule has 1 aromatic heterocycles. The van der Waals surface area contributed by atoms with Crippen molar-refractivity contribution in [3.8, 4) is 0 Å². The SMILES string of the molecule is O=C1N(Cc2ccc(F)cn2)C(=O)C23CC(CN12)C3. The fraction of sp³-hybridized carbons (Fsp3) is 0.462. The third-order valence-electron chi connectivity index (χ3n) is 4.42. The number of aromatic nitrogens is 1. The lowest BCUT2D eigenvalue weighted by Gasteiger charge is -2.34. The van der Waals surface area contributed by atoms with Gasteiger partial charge in [-0.25, -0.2) is 9.18 Å². The Kier molecular flexibility index (Phi) is 1.90. The van der Waals surface area contributed by atoms with Gasteiger partial charge >= 0.3 is 6.03 Å². The van der Waals surface area contributed by atoms with Crippen LogP contribution in [0.15, 0.2) is 18.3 Å². The largest absolute Gasteiger partial charge is 0.328 e. The van der Waals surface area contributed by atoms with Gasteiger partial charge in [0.2, 0.25) is 0 Å². The maximum atomic E-state index is 12.8. The molecular formula is C13H12FN3O2. The van der Waals surface area contributed by atoms with E-state index in [1.807, 2.05) is 0 Å². The highest BCUT2D eigenvalue weighted by Crippen LogP contribution is 2.54. The second-order valence-electron chi connectivity index (χ2n) is 5.56. The van der Waals surface area contributed by atoms with Gasteiger partial charge in [0, 0.05) is 6.54 Å². The monoisotopic (exact) mass is 261 g/mol. The molecule has 2 bridgehead atoms. The van der Waals surface area contributed by atoms with Crippen LogP contribution >= 0.6 is 0 Å². The molecular weight excluding hydrogens is 249 g/mol. The van der Waals surface area contributed by atoms with Crippen LogP contribution in [0.1, 0.15) is 18.5 Å². The molecule has 0 radical (unpaired) electrons. The summed E-state index contributed by atoms with van der Waals surface area (Å²) in [6.07, 6.45) is 2.69. The van der Waals surface area contributed by atoms with Crippen molar-refractivity contribution in [1.29, 1.82) is 0 Å². The van der Waals surface area contributed by atoms with Crippen LogP contribution in [0.2, 0.25) is 0 Å². The molecule has 5 nitrogen and oxygen atoms in total. The van der Waals surface area contributed by atoms with E-state index in [2.05, 4.69) is 4.98 Å². The van der Waals surface area contributed by atoms with E-state index in [0.717, 1.165) is 19.0 Å². The van der Waals surface area contributed by atoms with Gasteiger partial charge in [-0.05, 0) is 30.9 Å². The molecule has 3 saturated heterocycles. The van der Waals surface area contributed by atoms with Crippen LogP contribution in [-0.4, -0.2) is 38.8 Å². The average Bonchev–Trinajstić information content (AvgIpc) is 2.96. The van der Waals surface area contributed by atoms with E-state index < -0.39 is 11.4 Å². The van der Waals surface area contributed by atoms with Crippen LogP contribution < -0.4 is 0 Å². The van der Waals surface area contributed by atoms with Crippen molar-refractivity contribution >= 4 is 11.9 Å². The van der Waals surface area contributed by atoms with Gasteiger partial charge in [-0.3, -0.25) is 14.7 Å². The number of amides is 3. The summed E-state index contributed by atoms with van der Waals surface area (Å²) in [4.78, 5) is 31.5. The number of nitrogens with zero attached hydrogens (tertiary/aromatic N) is 3. The summed E-state index contributed by atoms with van der Waals surface area (Å²) in [7, 11) is 0. The topological polar surface area (TPSA) is 53.5 Å². The molecule has 4 heterocycles. The molecule has 3 aliphatic heterocycles. The van der Waals surface area contributed by atoms with Crippen molar-refractivity contribution in [2.24, 2.45) is 5.92 Å². The van der Waals surface area contributed by atoms with Crippen LogP contribution in [0.3, 0.4) is 0 Å². The normalized spacial score (nSPS) is 31.7. The first-order valence-electron chi connectivity index (χ1n) is 6.34. The lowest BCUT2D eigenvalue weighted by Crippen LogP contribution is -2.48. The number of pyridine rings is 1. The van der Waals surface area contributed by atoms with E-state index in [1.54, 1.807) is 4.90 Å². The van der Waals surface area contributed by atoms with Crippen molar-refractivity contribution in [3.63, 3.8) is 0 Å². The molecule has 5 rings (SSSR count). The van der Waals surface area contributed by atoms with Crippen molar-refractivity contribution in [2.75, 3.05) is 6.54 Å². The molecule has 0 unspecified atom stereocenters. The lowest BCUT2D eigenvalue weighted by atomic mass is 9.73. The van der Waals surface area contributed by atoms with Crippen LogP contribution in [0.4, 0.5) is 9.18 Å². The first-order chi connectivity index (χ1) is 9.10. The van der Waals surface area contributed by atoms with Gasteiger partial charge < -0.3 is 4.90 Å². The molecule has 4 aliphatic rings. The molecule has 4 fully saturated rings. The third kappa shape index (κ3) is 1.26. The number of imide groups is 1. The number of halogens is 1. The van der Waals surface area contributed by atoms with E-state index in [0.29, 0.717) is 18.2 Å². The molecule has 1 aliphatic carbocycles. The first-order valence-corrected chi connectivity index (χ1v) is 6.34. The molecule has 1 saturated carbocycles. The highest BCUT2D eigenvalue weighted by Gasteiger charge is 2.68. The highest BCUT2D eigenvalue weighted by molar-refractivity contribution is 6.08. The molecule has 19 heavy (non-hydrogen) atoms. The van der Waals surface area contributed by atoms with Crippen molar-refractivity contribution in [1.82, 2.24) is 14.8 Å². The van der Waals surface area contributed by atoms with Gasteiger partial charge in [-0.15, -0.1) is 0 Å². The van der Waals surface area contributed by atoms with Gasteiger partial charge in [0.25, 0.3) is 5.91 Å². The molecule has 6 heteroatoms. The fourth-order valence-electron chi connectivity index (χ4n) is 3.51. The standard InChI is InChI=1S/C13H12FN3O2/c14-9-1-2-10(15-5-9)7-16-11(18)13-3-8(4-13)6-17(13)12(16)19/h1-2,5,8H,3-4,6-7H2. The second kappa shape index (κ2) is 3.31. The van der Waals surface area contributed by atoms with E-state index in [-0.39, 0.29) is 18.5 Å². The summed E-state index contributed by atoms with van der Waals surface area (Å²) in [6, 6.07) is 2.56. The Morgan fingerprint density at radius 1 is 1.37 bits per heavy atom. The number of hydrogen-bond acceptors (Lipinski definition) is 3. The molecule has 1 aromatic rings. The lowest BCUT2D eigenvalue weighted by molar-refractivity contribution is -0.135. The second-order valence-corrected chi connectivity index (χ2v) is 5.56. The Labute approximate surface area is 109 Å². The highest BCUT2D eigenvalue weighted by atomic mass is 19.1. The summed E-state index contributed by atoms with van der Waals surface area (Å²) >= 11 is 0. The quantitative estimate of drug-likeness (QED) is 0.750. The summed E-state index contributed by atoms with van der Waals surface area (Å²) in [5, 5.41) is 0. The van der Waals surface area contributed by atoms with Crippen LogP contribution in [-0.2, 0) is 11.3 Å². The van der Waals surface area contributed by atoms with Crippen LogP contribution in [0.25, 0.3) is 0 Å². The van der Waals surface area contributed by atoms with Gasteiger partial charge in [-0.1, -0.05) is 0 Å².